The van der Waals surface area contributed by atoms with Crippen LogP contribution in [0.1, 0.15) is 32.4 Å². The highest BCUT2D eigenvalue weighted by Gasteiger charge is 2.33. The fourth-order valence-electron chi connectivity index (χ4n) is 2.70. The standard InChI is InChI=1S/C18H21ClN2O6S/c1-4-25-12-6-10(11(19)7-13(12)27-8-14(22)23)16-15(17(24)26-5-2)9(3)20-18(28)21-16/h6-7,16H,4-5,8H2,1-3H3,(H,22,23)(H2,20,21,28). The summed E-state index contributed by atoms with van der Waals surface area (Å²) in [6.45, 7) is 5.20. The molecule has 1 unspecified atom stereocenters. The van der Waals surface area contributed by atoms with Gasteiger partial charge in [0, 0.05) is 17.3 Å². The van der Waals surface area contributed by atoms with Crippen LogP contribution in [-0.2, 0) is 14.3 Å². The second-order valence-corrected chi connectivity index (χ2v) is 6.54. The number of nitrogens with one attached hydrogen (secondary N) is 2. The summed E-state index contributed by atoms with van der Waals surface area (Å²) >= 11 is 11.6. The molecule has 1 aliphatic heterocycles. The van der Waals surface area contributed by atoms with Crippen LogP contribution in [0.3, 0.4) is 0 Å². The highest BCUT2D eigenvalue weighted by molar-refractivity contribution is 7.80. The summed E-state index contributed by atoms with van der Waals surface area (Å²) < 4.78 is 16.0. The molecular formula is C18H21ClN2O6S. The van der Waals surface area contributed by atoms with Crippen molar-refractivity contribution in [2.75, 3.05) is 19.8 Å². The van der Waals surface area contributed by atoms with E-state index in [-0.39, 0.29) is 17.4 Å². The van der Waals surface area contributed by atoms with Crippen LogP contribution in [0, 0.1) is 0 Å². The Bertz CT molecular complexity index is 827. The van der Waals surface area contributed by atoms with Crippen molar-refractivity contribution in [3.63, 3.8) is 0 Å². The van der Waals surface area contributed by atoms with Gasteiger partial charge in [0.05, 0.1) is 29.9 Å². The molecule has 0 radical (unpaired) electrons. The molecule has 0 aliphatic carbocycles. The number of hydrogen-bond donors (Lipinski definition) is 3. The van der Waals surface area contributed by atoms with E-state index >= 15 is 0 Å². The van der Waals surface area contributed by atoms with Gasteiger partial charge in [0.15, 0.2) is 23.2 Å². The molecule has 8 nitrogen and oxygen atoms in total. The number of allylic oxidation sites excluding steroid dienone is 1. The van der Waals surface area contributed by atoms with Crippen LogP contribution in [-0.4, -0.2) is 42.0 Å². The molecule has 0 saturated carbocycles. The third-order valence-corrected chi connectivity index (χ3v) is 4.34. The highest BCUT2D eigenvalue weighted by Crippen LogP contribution is 2.39. The van der Waals surface area contributed by atoms with Crippen LogP contribution < -0.4 is 20.1 Å². The molecule has 0 amide bonds. The molecule has 1 heterocycles. The zero-order chi connectivity index (χ0) is 20.8. The average molecular weight is 429 g/mol. The smallest absolute Gasteiger partial charge is 0.341 e. The van der Waals surface area contributed by atoms with Gasteiger partial charge in [0.25, 0.3) is 0 Å². The first-order chi connectivity index (χ1) is 13.3. The van der Waals surface area contributed by atoms with Crippen molar-refractivity contribution in [3.05, 3.63) is 34.0 Å². The Hall–Kier alpha value is -2.52. The van der Waals surface area contributed by atoms with Crippen LogP contribution in [0.2, 0.25) is 5.02 Å². The zero-order valence-electron chi connectivity index (χ0n) is 15.6. The number of carbonyl (C=O) groups is 2. The SMILES string of the molecule is CCOC(=O)C1=C(C)NC(=S)NC1c1cc(OCC)c(OCC(=O)O)cc1Cl. The van der Waals surface area contributed by atoms with Gasteiger partial charge < -0.3 is 30.0 Å². The Morgan fingerprint density at radius 3 is 2.50 bits per heavy atom. The summed E-state index contributed by atoms with van der Waals surface area (Å²) in [5.41, 5.74) is 1.39. The van der Waals surface area contributed by atoms with Crippen molar-refractivity contribution in [1.82, 2.24) is 10.6 Å². The summed E-state index contributed by atoms with van der Waals surface area (Å²) in [5, 5.41) is 15.3. The Morgan fingerprint density at radius 1 is 1.21 bits per heavy atom. The van der Waals surface area contributed by atoms with Crippen molar-refractivity contribution in [2.45, 2.75) is 26.8 Å². The first-order valence-electron chi connectivity index (χ1n) is 8.54. The van der Waals surface area contributed by atoms with Crippen LogP contribution in [0.15, 0.2) is 23.4 Å². The number of esters is 1. The molecule has 2 rings (SSSR count). The van der Waals surface area contributed by atoms with Crippen LogP contribution >= 0.6 is 23.8 Å². The molecule has 152 valence electrons. The summed E-state index contributed by atoms with van der Waals surface area (Å²) in [5.74, 6) is -1.15. The fourth-order valence-corrected chi connectivity index (χ4v) is 3.23. The minimum Gasteiger partial charge on any atom is -0.490 e. The van der Waals surface area contributed by atoms with E-state index in [1.54, 1.807) is 26.8 Å². The van der Waals surface area contributed by atoms with Gasteiger partial charge in [-0.1, -0.05) is 11.6 Å². The number of carboxylic acids is 1. The van der Waals surface area contributed by atoms with Gasteiger partial charge in [-0.05, 0) is 39.1 Å². The molecule has 28 heavy (non-hydrogen) atoms. The highest BCUT2D eigenvalue weighted by atomic mass is 35.5. The molecule has 3 N–H and O–H groups in total. The lowest BCUT2D eigenvalue weighted by Gasteiger charge is -2.30. The Kier molecular flexibility index (Phi) is 7.47. The fraction of sp³-hybridized carbons (Fsp3) is 0.389. The van der Waals surface area contributed by atoms with Gasteiger partial charge in [-0.25, -0.2) is 9.59 Å². The summed E-state index contributed by atoms with van der Waals surface area (Å²) in [4.78, 5) is 23.3. The molecule has 1 aromatic rings. The number of thiocarbonyl (C=S) groups is 1. The average Bonchev–Trinajstić information content (AvgIpc) is 2.61. The zero-order valence-corrected chi connectivity index (χ0v) is 17.2. The Labute approximate surface area is 172 Å². The number of aliphatic carboxylic acids is 1. The first-order valence-corrected chi connectivity index (χ1v) is 9.33. The van der Waals surface area contributed by atoms with Gasteiger partial charge in [0.2, 0.25) is 0 Å². The maximum absolute atomic E-state index is 12.5. The van der Waals surface area contributed by atoms with Gasteiger partial charge in [-0.15, -0.1) is 0 Å². The van der Waals surface area contributed by atoms with E-state index in [0.717, 1.165) is 0 Å². The van der Waals surface area contributed by atoms with Crippen LogP contribution in [0.5, 0.6) is 11.5 Å². The van der Waals surface area contributed by atoms with E-state index < -0.39 is 24.6 Å². The number of carboxylic acid groups (broad SMARTS) is 1. The molecule has 0 spiro atoms. The molecule has 0 aromatic heterocycles. The third kappa shape index (κ3) is 5.05. The molecule has 10 heteroatoms. The first kappa shape index (κ1) is 21.8. The number of ether oxygens (including phenoxy) is 3. The number of hydrogen-bond acceptors (Lipinski definition) is 6. The molecule has 1 atom stereocenters. The number of carbonyl (C=O) groups excluding carboxylic acids is 1. The number of benzene rings is 1. The summed E-state index contributed by atoms with van der Waals surface area (Å²) in [7, 11) is 0. The quantitative estimate of drug-likeness (QED) is 0.425. The normalized spacial score (nSPS) is 16.1. The van der Waals surface area contributed by atoms with Crippen LogP contribution in [0.25, 0.3) is 0 Å². The predicted molar refractivity (Wildman–Crippen MR) is 107 cm³/mol. The van der Waals surface area contributed by atoms with Gasteiger partial charge >= 0.3 is 11.9 Å². The minimum atomic E-state index is -1.13. The molecular weight excluding hydrogens is 408 g/mol. The molecule has 1 aliphatic rings. The van der Waals surface area contributed by atoms with E-state index in [1.165, 1.54) is 6.07 Å². The second-order valence-electron chi connectivity index (χ2n) is 5.73. The van der Waals surface area contributed by atoms with Crippen molar-refractivity contribution >= 4 is 40.9 Å². The molecule has 1 aromatic carbocycles. The number of halogens is 1. The van der Waals surface area contributed by atoms with Crippen LogP contribution in [0.4, 0.5) is 0 Å². The van der Waals surface area contributed by atoms with Crippen molar-refractivity contribution in [3.8, 4) is 11.5 Å². The predicted octanol–water partition coefficient (Wildman–Crippen LogP) is 2.56. The Balaban J connectivity index is 2.52. The second kappa shape index (κ2) is 9.61. The maximum Gasteiger partial charge on any atom is 0.341 e. The van der Waals surface area contributed by atoms with E-state index in [9.17, 15) is 9.59 Å². The van der Waals surface area contributed by atoms with Crippen molar-refractivity contribution < 1.29 is 28.9 Å². The van der Waals surface area contributed by atoms with E-state index in [1.807, 2.05) is 0 Å². The lowest BCUT2D eigenvalue weighted by Crippen LogP contribution is -2.45. The van der Waals surface area contributed by atoms with E-state index in [0.29, 0.717) is 34.3 Å². The van der Waals surface area contributed by atoms with Crippen molar-refractivity contribution in [1.29, 1.82) is 0 Å². The van der Waals surface area contributed by atoms with E-state index in [2.05, 4.69) is 10.6 Å². The number of rotatable bonds is 8. The lowest BCUT2D eigenvalue weighted by atomic mass is 9.95. The third-order valence-electron chi connectivity index (χ3n) is 3.79. The molecule has 0 bridgehead atoms. The maximum atomic E-state index is 12.5. The molecule has 0 fully saturated rings. The monoisotopic (exact) mass is 428 g/mol. The summed E-state index contributed by atoms with van der Waals surface area (Å²) in [6, 6.07) is 2.38. The minimum absolute atomic E-state index is 0.188. The van der Waals surface area contributed by atoms with Gasteiger partial charge in [-0.3, -0.25) is 0 Å². The van der Waals surface area contributed by atoms with Gasteiger partial charge in [-0.2, -0.15) is 0 Å². The largest absolute Gasteiger partial charge is 0.490 e. The summed E-state index contributed by atoms with van der Waals surface area (Å²) in [6.07, 6.45) is 0. The van der Waals surface area contributed by atoms with Crippen molar-refractivity contribution in [2.24, 2.45) is 0 Å². The topological polar surface area (TPSA) is 106 Å². The Morgan fingerprint density at radius 2 is 1.89 bits per heavy atom. The van der Waals surface area contributed by atoms with Gasteiger partial charge in [0.1, 0.15) is 0 Å². The molecule has 0 saturated heterocycles. The lowest BCUT2D eigenvalue weighted by molar-refractivity contribution is -0.140. The van der Waals surface area contributed by atoms with E-state index in [4.69, 9.17) is 43.1 Å².